The molecule has 0 bridgehead atoms. The van der Waals surface area contributed by atoms with E-state index in [1.807, 2.05) is 0 Å². The lowest BCUT2D eigenvalue weighted by Gasteiger charge is -2.26. The third-order valence-electron chi connectivity index (χ3n) is 2.99. The fourth-order valence-corrected chi connectivity index (χ4v) is 2.98. The average Bonchev–Trinajstić information content (AvgIpc) is 2.15. The molecule has 0 aliphatic heterocycles. The van der Waals surface area contributed by atoms with Crippen molar-refractivity contribution in [2.75, 3.05) is 0 Å². The summed E-state index contributed by atoms with van der Waals surface area (Å²) >= 11 is 3.84. The molecule has 0 radical (unpaired) electrons. The first kappa shape index (κ1) is 10.6. The highest BCUT2D eigenvalue weighted by Gasteiger charge is 2.20. The van der Waals surface area contributed by atoms with Crippen LogP contribution in [0, 0.1) is 5.92 Å². The summed E-state index contributed by atoms with van der Waals surface area (Å²) in [5, 5.41) is 0. The Hall–Kier alpha value is 0.480. The standard InChI is InChI=1S/C11H21Br/c1-2-3-9-11(12)10-7-5-4-6-8-10/h10-11H,2-9H2,1H3. The van der Waals surface area contributed by atoms with Crippen LogP contribution >= 0.6 is 15.9 Å². The maximum Gasteiger partial charge on any atom is 0.0174 e. The second-order valence-corrected chi connectivity index (χ2v) is 5.23. The molecule has 1 unspecified atom stereocenters. The number of halogens is 1. The quantitative estimate of drug-likeness (QED) is 0.626. The van der Waals surface area contributed by atoms with Crippen molar-refractivity contribution in [3.63, 3.8) is 0 Å². The van der Waals surface area contributed by atoms with Crippen LogP contribution < -0.4 is 0 Å². The Morgan fingerprint density at radius 1 is 1.25 bits per heavy atom. The summed E-state index contributed by atoms with van der Waals surface area (Å²) in [5.41, 5.74) is 0. The molecule has 0 aromatic heterocycles. The summed E-state index contributed by atoms with van der Waals surface area (Å²) in [7, 11) is 0. The van der Waals surface area contributed by atoms with Gasteiger partial charge in [0, 0.05) is 4.83 Å². The van der Waals surface area contributed by atoms with Crippen molar-refractivity contribution in [2.45, 2.75) is 63.1 Å². The molecule has 1 heteroatoms. The molecule has 1 aliphatic rings. The van der Waals surface area contributed by atoms with Crippen LogP contribution in [0.25, 0.3) is 0 Å². The Morgan fingerprint density at radius 2 is 1.92 bits per heavy atom. The number of hydrogen-bond acceptors (Lipinski definition) is 0. The molecule has 72 valence electrons. The minimum absolute atomic E-state index is 0.817. The average molecular weight is 233 g/mol. The second kappa shape index (κ2) is 6.01. The van der Waals surface area contributed by atoms with Crippen LogP contribution in [0.3, 0.4) is 0 Å². The largest absolute Gasteiger partial charge is 0.0888 e. The molecule has 0 N–H and O–H groups in total. The van der Waals surface area contributed by atoms with Gasteiger partial charge in [-0.1, -0.05) is 55.0 Å². The van der Waals surface area contributed by atoms with Crippen LogP contribution in [-0.4, -0.2) is 4.83 Å². The minimum atomic E-state index is 0.817. The van der Waals surface area contributed by atoms with Gasteiger partial charge in [-0.2, -0.15) is 0 Å². The molecule has 1 rings (SSSR count). The van der Waals surface area contributed by atoms with E-state index in [1.54, 1.807) is 0 Å². The Labute approximate surface area is 85.3 Å². The molecule has 0 aromatic carbocycles. The summed E-state index contributed by atoms with van der Waals surface area (Å²) in [5.74, 6) is 0.991. The van der Waals surface area contributed by atoms with Crippen molar-refractivity contribution in [3.05, 3.63) is 0 Å². The molecule has 1 fully saturated rings. The van der Waals surface area contributed by atoms with Gasteiger partial charge in [-0.3, -0.25) is 0 Å². The van der Waals surface area contributed by atoms with Gasteiger partial charge in [0.15, 0.2) is 0 Å². The first-order valence-electron chi connectivity index (χ1n) is 5.48. The zero-order valence-electron chi connectivity index (χ0n) is 8.19. The molecule has 0 aromatic rings. The van der Waals surface area contributed by atoms with Gasteiger partial charge in [0.2, 0.25) is 0 Å². The molecule has 0 saturated heterocycles. The van der Waals surface area contributed by atoms with Crippen LogP contribution in [0.1, 0.15) is 58.3 Å². The van der Waals surface area contributed by atoms with Gasteiger partial charge < -0.3 is 0 Å². The fraction of sp³-hybridized carbons (Fsp3) is 1.00. The molecule has 0 nitrogen and oxygen atoms in total. The van der Waals surface area contributed by atoms with Crippen molar-refractivity contribution in [1.82, 2.24) is 0 Å². The topological polar surface area (TPSA) is 0 Å². The Bertz CT molecular complexity index is 106. The third kappa shape index (κ3) is 3.47. The van der Waals surface area contributed by atoms with E-state index in [1.165, 1.54) is 51.4 Å². The monoisotopic (exact) mass is 232 g/mol. The molecule has 0 spiro atoms. The van der Waals surface area contributed by atoms with Crippen molar-refractivity contribution < 1.29 is 0 Å². The zero-order valence-corrected chi connectivity index (χ0v) is 9.78. The van der Waals surface area contributed by atoms with E-state index in [0.717, 1.165) is 10.7 Å². The number of unbranched alkanes of at least 4 members (excludes halogenated alkanes) is 1. The lowest BCUT2D eigenvalue weighted by molar-refractivity contribution is 0.341. The normalized spacial score (nSPS) is 22.5. The summed E-state index contributed by atoms with van der Waals surface area (Å²) < 4.78 is 0. The van der Waals surface area contributed by atoms with E-state index in [9.17, 15) is 0 Å². The van der Waals surface area contributed by atoms with Crippen molar-refractivity contribution >= 4 is 15.9 Å². The molecular weight excluding hydrogens is 212 g/mol. The summed E-state index contributed by atoms with van der Waals surface area (Å²) in [6.45, 7) is 2.28. The number of alkyl halides is 1. The molecule has 1 saturated carbocycles. The summed E-state index contributed by atoms with van der Waals surface area (Å²) in [6.07, 6.45) is 11.5. The number of rotatable bonds is 4. The molecule has 0 amide bonds. The predicted octanol–water partition coefficient (Wildman–Crippen LogP) is 4.52. The lowest BCUT2D eigenvalue weighted by Crippen LogP contribution is -2.17. The van der Waals surface area contributed by atoms with Crippen LogP contribution in [0.2, 0.25) is 0 Å². The maximum atomic E-state index is 3.84. The summed E-state index contributed by atoms with van der Waals surface area (Å²) in [6, 6.07) is 0. The first-order valence-corrected chi connectivity index (χ1v) is 6.40. The zero-order chi connectivity index (χ0) is 8.81. The predicted molar refractivity (Wildman–Crippen MR) is 58.8 cm³/mol. The van der Waals surface area contributed by atoms with Crippen molar-refractivity contribution in [1.29, 1.82) is 0 Å². The lowest BCUT2D eigenvalue weighted by atomic mass is 9.85. The Kier molecular flexibility index (Phi) is 5.29. The molecule has 12 heavy (non-hydrogen) atoms. The van der Waals surface area contributed by atoms with Gasteiger partial charge in [-0.05, 0) is 25.2 Å². The first-order chi connectivity index (χ1) is 5.84. The van der Waals surface area contributed by atoms with Crippen LogP contribution in [-0.2, 0) is 0 Å². The SMILES string of the molecule is CCCCC(Br)C1CCCCC1. The minimum Gasteiger partial charge on any atom is -0.0888 e. The smallest absolute Gasteiger partial charge is 0.0174 e. The third-order valence-corrected chi connectivity index (χ3v) is 4.20. The van der Waals surface area contributed by atoms with E-state index < -0.39 is 0 Å². The van der Waals surface area contributed by atoms with Crippen molar-refractivity contribution in [2.24, 2.45) is 5.92 Å². The molecular formula is C11H21Br. The molecule has 1 aliphatic carbocycles. The fourth-order valence-electron chi connectivity index (χ4n) is 2.13. The Balaban J connectivity index is 2.15. The highest BCUT2D eigenvalue weighted by molar-refractivity contribution is 9.09. The van der Waals surface area contributed by atoms with E-state index >= 15 is 0 Å². The second-order valence-electron chi connectivity index (χ2n) is 4.06. The van der Waals surface area contributed by atoms with Gasteiger partial charge in [-0.15, -0.1) is 0 Å². The van der Waals surface area contributed by atoms with E-state index in [0.29, 0.717) is 0 Å². The van der Waals surface area contributed by atoms with Gasteiger partial charge in [0.1, 0.15) is 0 Å². The maximum absolute atomic E-state index is 3.84. The van der Waals surface area contributed by atoms with Gasteiger partial charge >= 0.3 is 0 Å². The number of hydrogen-bond donors (Lipinski definition) is 0. The summed E-state index contributed by atoms with van der Waals surface area (Å²) in [4.78, 5) is 0.817. The Morgan fingerprint density at radius 3 is 2.50 bits per heavy atom. The molecule has 0 heterocycles. The van der Waals surface area contributed by atoms with E-state index in [4.69, 9.17) is 0 Å². The van der Waals surface area contributed by atoms with Gasteiger partial charge in [0.05, 0.1) is 0 Å². The highest BCUT2D eigenvalue weighted by atomic mass is 79.9. The van der Waals surface area contributed by atoms with Gasteiger partial charge in [0.25, 0.3) is 0 Å². The highest BCUT2D eigenvalue weighted by Crippen LogP contribution is 2.32. The van der Waals surface area contributed by atoms with Crippen LogP contribution in [0.5, 0.6) is 0 Å². The molecule has 1 atom stereocenters. The van der Waals surface area contributed by atoms with Gasteiger partial charge in [-0.25, -0.2) is 0 Å². The van der Waals surface area contributed by atoms with E-state index in [2.05, 4.69) is 22.9 Å². The van der Waals surface area contributed by atoms with Crippen molar-refractivity contribution in [3.8, 4) is 0 Å². The van der Waals surface area contributed by atoms with Crippen LogP contribution in [0.4, 0.5) is 0 Å². The van der Waals surface area contributed by atoms with E-state index in [-0.39, 0.29) is 0 Å². The van der Waals surface area contributed by atoms with Crippen LogP contribution in [0.15, 0.2) is 0 Å².